The molecule has 0 aliphatic rings. The van der Waals surface area contributed by atoms with Crippen LogP contribution in [0.5, 0.6) is 11.6 Å². The molecule has 2 rings (SSSR count). The average molecular weight is 274 g/mol. The summed E-state index contributed by atoms with van der Waals surface area (Å²) in [5.74, 6) is 0.384. The van der Waals surface area contributed by atoms with Gasteiger partial charge in [-0.3, -0.25) is 0 Å². The van der Waals surface area contributed by atoms with Crippen molar-refractivity contribution in [1.29, 1.82) is 0 Å². The molecule has 2 aromatic rings. The number of hydrogen-bond donors (Lipinski definition) is 2. The van der Waals surface area contributed by atoms with E-state index < -0.39 is 0 Å². The van der Waals surface area contributed by atoms with Crippen molar-refractivity contribution in [3.63, 3.8) is 0 Å². The van der Waals surface area contributed by atoms with Crippen LogP contribution in [0.15, 0.2) is 48.7 Å². The summed E-state index contributed by atoms with van der Waals surface area (Å²) in [5, 5.41) is 9.05. The van der Waals surface area contributed by atoms with Crippen LogP contribution in [-0.4, -0.2) is 23.2 Å². The molecule has 108 valence electrons. The molecular weight excluding hydrogens is 252 g/mol. The first-order valence-electron chi connectivity index (χ1n) is 6.78. The lowest BCUT2D eigenvalue weighted by atomic mass is 10.1. The van der Waals surface area contributed by atoms with Crippen LogP contribution in [0, 0.1) is 0 Å². The fraction of sp³-hybridized carbons (Fsp3) is 0.312. The summed E-state index contributed by atoms with van der Waals surface area (Å²) in [5.41, 5.74) is 6.76. The molecule has 0 aliphatic carbocycles. The van der Waals surface area contributed by atoms with E-state index >= 15 is 0 Å². The van der Waals surface area contributed by atoms with Gasteiger partial charge in [-0.25, -0.2) is 4.98 Å². The van der Waals surface area contributed by atoms with Crippen molar-refractivity contribution in [3.8, 4) is 11.6 Å². The van der Waals surface area contributed by atoms with Crippen molar-refractivity contribution in [2.24, 2.45) is 5.73 Å². The van der Waals surface area contributed by atoms with E-state index in [9.17, 15) is 0 Å². The van der Waals surface area contributed by atoms with Crippen molar-refractivity contribution < 1.29 is 9.84 Å². The van der Waals surface area contributed by atoms with E-state index in [1.807, 2.05) is 13.0 Å². The van der Waals surface area contributed by atoms with E-state index in [0.29, 0.717) is 12.5 Å². The molecule has 0 unspecified atom stereocenters. The van der Waals surface area contributed by atoms with E-state index in [2.05, 4.69) is 29.2 Å². The number of benzene rings is 1. The van der Waals surface area contributed by atoms with Crippen molar-refractivity contribution >= 4 is 0 Å². The van der Waals surface area contributed by atoms with Gasteiger partial charge >= 0.3 is 0 Å². The van der Waals surface area contributed by atoms with Crippen LogP contribution in [0.3, 0.4) is 0 Å². The summed E-state index contributed by atoms with van der Waals surface area (Å²) in [7, 11) is 0. The van der Waals surface area contributed by atoms with Crippen LogP contribution in [0.1, 0.15) is 18.9 Å². The molecule has 0 aliphatic heterocycles. The monoisotopic (exact) mass is 274 g/mol. The van der Waals surface area contributed by atoms with Crippen LogP contribution in [0.4, 0.5) is 0 Å². The second-order valence-corrected chi connectivity index (χ2v) is 4.14. The van der Waals surface area contributed by atoms with Gasteiger partial charge in [-0.2, -0.15) is 0 Å². The van der Waals surface area contributed by atoms with Crippen molar-refractivity contribution in [1.82, 2.24) is 4.98 Å². The fourth-order valence-electron chi connectivity index (χ4n) is 1.58. The number of ether oxygens (including phenoxy) is 1. The van der Waals surface area contributed by atoms with E-state index in [0.717, 1.165) is 19.4 Å². The quantitative estimate of drug-likeness (QED) is 0.879. The van der Waals surface area contributed by atoms with Gasteiger partial charge < -0.3 is 15.6 Å². The largest absolute Gasteiger partial charge is 0.503 e. The molecule has 4 nitrogen and oxygen atoms in total. The molecule has 20 heavy (non-hydrogen) atoms. The molecule has 0 radical (unpaired) electrons. The summed E-state index contributed by atoms with van der Waals surface area (Å²) in [6.07, 6.45) is 3.77. The Morgan fingerprint density at radius 3 is 2.50 bits per heavy atom. The maximum Gasteiger partial charge on any atom is 0.256 e. The topological polar surface area (TPSA) is 68.4 Å². The van der Waals surface area contributed by atoms with Crippen LogP contribution in [0.25, 0.3) is 0 Å². The van der Waals surface area contributed by atoms with Crippen LogP contribution >= 0.6 is 0 Å². The van der Waals surface area contributed by atoms with E-state index in [-0.39, 0.29) is 5.75 Å². The molecule has 0 fully saturated rings. The Bertz CT molecular complexity index is 475. The zero-order valence-corrected chi connectivity index (χ0v) is 11.8. The lowest BCUT2D eigenvalue weighted by Crippen LogP contribution is -1.99. The zero-order valence-electron chi connectivity index (χ0n) is 11.8. The maximum absolute atomic E-state index is 9.05. The fourth-order valence-corrected chi connectivity index (χ4v) is 1.58. The molecule has 0 saturated heterocycles. The molecule has 3 N–H and O–H groups in total. The molecular formula is C16H22N2O2. The van der Waals surface area contributed by atoms with Gasteiger partial charge in [0.05, 0.1) is 6.61 Å². The number of aromatic hydroxyl groups is 1. The number of aryl methyl sites for hydroxylation is 1. The van der Waals surface area contributed by atoms with Crippen LogP contribution in [0.2, 0.25) is 0 Å². The van der Waals surface area contributed by atoms with Gasteiger partial charge in [-0.1, -0.05) is 30.3 Å². The van der Waals surface area contributed by atoms with Gasteiger partial charge in [0.2, 0.25) is 0 Å². The van der Waals surface area contributed by atoms with Crippen LogP contribution in [-0.2, 0) is 6.42 Å². The predicted octanol–water partition coefficient (Wildman–Crippen LogP) is 2.76. The van der Waals surface area contributed by atoms with Gasteiger partial charge in [0, 0.05) is 6.20 Å². The highest BCUT2D eigenvalue weighted by Gasteiger charge is 1.98. The highest BCUT2D eigenvalue weighted by molar-refractivity contribution is 5.30. The standard InChI is InChI=1S/C9H13N.C7H9NO2/c10-8-4-7-9-5-2-1-3-6-9;1-2-10-7-6(9)4-3-5-8-7/h1-3,5-6H,4,7-8,10H2;3-5,9H,2H2,1H3. The van der Waals surface area contributed by atoms with Gasteiger partial charge in [0.25, 0.3) is 5.88 Å². The third-order valence-corrected chi connectivity index (χ3v) is 2.54. The predicted molar refractivity (Wildman–Crippen MR) is 80.9 cm³/mol. The molecule has 0 amide bonds. The number of nitrogens with zero attached hydrogens (tertiary/aromatic N) is 1. The van der Waals surface area contributed by atoms with Gasteiger partial charge in [0.15, 0.2) is 5.75 Å². The highest BCUT2D eigenvalue weighted by Crippen LogP contribution is 2.20. The number of nitrogens with two attached hydrogens (primary N) is 1. The Balaban J connectivity index is 0.000000200. The molecule has 0 saturated carbocycles. The van der Waals surface area contributed by atoms with Gasteiger partial charge in [0.1, 0.15) is 0 Å². The average Bonchev–Trinajstić information content (AvgIpc) is 2.49. The molecule has 0 bridgehead atoms. The molecule has 4 heteroatoms. The Labute approximate surface area is 120 Å². The maximum atomic E-state index is 9.05. The lowest BCUT2D eigenvalue weighted by Gasteiger charge is -2.01. The van der Waals surface area contributed by atoms with Gasteiger partial charge in [-0.05, 0) is 44.0 Å². The van der Waals surface area contributed by atoms with Crippen LogP contribution < -0.4 is 10.5 Å². The summed E-state index contributed by atoms with van der Waals surface area (Å²) in [6, 6.07) is 13.6. The number of pyridine rings is 1. The van der Waals surface area contributed by atoms with E-state index in [1.165, 1.54) is 11.6 Å². The molecule has 1 aromatic heterocycles. The molecule has 1 heterocycles. The second kappa shape index (κ2) is 9.81. The van der Waals surface area contributed by atoms with Crippen molar-refractivity contribution in [2.45, 2.75) is 19.8 Å². The minimum absolute atomic E-state index is 0.0874. The second-order valence-electron chi connectivity index (χ2n) is 4.14. The third kappa shape index (κ3) is 6.20. The SMILES string of the molecule is CCOc1ncccc1O.NCCCc1ccccc1. The number of aromatic nitrogens is 1. The normalized spacial score (nSPS) is 9.50. The first-order valence-corrected chi connectivity index (χ1v) is 6.78. The Hall–Kier alpha value is -2.07. The third-order valence-electron chi connectivity index (χ3n) is 2.54. The Morgan fingerprint density at radius 2 is 1.90 bits per heavy atom. The molecule has 1 aromatic carbocycles. The molecule has 0 spiro atoms. The summed E-state index contributed by atoms with van der Waals surface area (Å²) < 4.78 is 4.98. The minimum atomic E-state index is 0.0874. The summed E-state index contributed by atoms with van der Waals surface area (Å²) in [6.45, 7) is 3.15. The minimum Gasteiger partial charge on any atom is -0.503 e. The highest BCUT2D eigenvalue weighted by atomic mass is 16.5. The number of rotatable bonds is 5. The summed E-state index contributed by atoms with van der Waals surface area (Å²) in [4.78, 5) is 3.80. The first kappa shape index (κ1) is 16.0. The Morgan fingerprint density at radius 1 is 1.15 bits per heavy atom. The molecule has 0 atom stereocenters. The number of hydrogen-bond acceptors (Lipinski definition) is 4. The van der Waals surface area contributed by atoms with Gasteiger partial charge in [-0.15, -0.1) is 0 Å². The Kier molecular flexibility index (Phi) is 7.84. The first-order chi connectivity index (χ1) is 9.77. The van der Waals surface area contributed by atoms with Crippen molar-refractivity contribution in [3.05, 3.63) is 54.2 Å². The summed E-state index contributed by atoms with van der Waals surface area (Å²) >= 11 is 0. The smallest absolute Gasteiger partial charge is 0.256 e. The van der Waals surface area contributed by atoms with E-state index in [1.54, 1.807) is 12.3 Å². The zero-order chi connectivity index (χ0) is 14.6. The van der Waals surface area contributed by atoms with E-state index in [4.69, 9.17) is 15.6 Å². The van der Waals surface area contributed by atoms with Crippen molar-refractivity contribution in [2.75, 3.05) is 13.2 Å². The lowest BCUT2D eigenvalue weighted by molar-refractivity contribution is 0.305.